The van der Waals surface area contributed by atoms with Gasteiger partial charge in [-0.2, -0.15) is 0 Å². The number of hydrogen-bond acceptors (Lipinski definition) is 3. The number of amides is 2. The molecule has 86 valence electrons. The summed E-state index contributed by atoms with van der Waals surface area (Å²) in [5.41, 5.74) is 0. The first kappa shape index (κ1) is 11.8. The molecule has 1 aliphatic heterocycles. The summed E-state index contributed by atoms with van der Waals surface area (Å²) in [4.78, 5) is 25.5. The van der Waals surface area contributed by atoms with Gasteiger partial charge in [0.25, 0.3) is 0 Å². The summed E-state index contributed by atoms with van der Waals surface area (Å²) in [7, 11) is 3.89. The fourth-order valence-electron chi connectivity index (χ4n) is 1.57. The molecule has 0 bridgehead atoms. The van der Waals surface area contributed by atoms with Crippen LogP contribution in [0.4, 0.5) is 4.79 Å². The molecule has 6 nitrogen and oxygen atoms in total. The lowest BCUT2D eigenvalue weighted by atomic mass is 10.2. The maximum Gasteiger partial charge on any atom is 0.328 e. The van der Waals surface area contributed by atoms with Crippen molar-refractivity contribution in [2.24, 2.45) is 0 Å². The Bertz CT molecular complexity index is 255. The molecule has 2 amide bonds. The smallest absolute Gasteiger partial charge is 0.328 e. The molecule has 0 spiro atoms. The van der Waals surface area contributed by atoms with Crippen LogP contribution in [-0.2, 0) is 4.79 Å². The zero-order valence-corrected chi connectivity index (χ0v) is 9.06. The van der Waals surface area contributed by atoms with Gasteiger partial charge in [-0.25, -0.2) is 9.59 Å². The van der Waals surface area contributed by atoms with Gasteiger partial charge in [-0.1, -0.05) is 0 Å². The number of hydrogen-bond donors (Lipinski definition) is 2. The van der Waals surface area contributed by atoms with E-state index in [-0.39, 0.29) is 12.6 Å². The lowest BCUT2D eigenvalue weighted by Gasteiger charge is -2.20. The summed E-state index contributed by atoms with van der Waals surface area (Å²) < 4.78 is 0. The van der Waals surface area contributed by atoms with E-state index in [4.69, 9.17) is 5.11 Å². The Balaban J connectivity index is 2.43. The van der Waals surface area contributed by atoms with Crippen molar-refractivity contribution in [2.45, 2.75) is 12.5 Å². The Morgan fingerprint density at radius 1 is 1.67 bits per heavy atom. The van der Waals surface area contributed by atoms with Crippen molar-refractivity contribution in [1.29, 1.82) is 0 Å². The highest BCUT2D eigenvalue weighted by Gasteiger charge is 2.35. The van der Waals surface area contributed by atoms with E-state index < -0.39 is 12.0 Å². The Morgan fingerprint density at radius 2 is 2.33 bits per heavy atom. The number of carbonyl (C=O) groups is 2. The van der Waals surface area contributed by atoms with E-state index in [9.17, 15) is 9.59 Å². The number of carboxylic acid groups (broad SMARTS) is 1. The Labute approximate surface area is 88.8 Å². The lowest BCUT2D eigenvalue weighted by Crippen LogP contribution is -2.40. The summed E-state index contributed by atoms with van der Waals surface area (Å²) >= 11 is 0. The number of nitrogens with one attached hydrogen (secondary N) is 1. The quantitative estimate of drug-likeness (QED) is 0.643. The van der Waals surface area contributed by atoms with Crippen LogP contribution in [-0.4, -0.2) is 66.7 Å². The molecule has 0 aromatic heterocycles. The molecule has 6 heteroatoms. The van der Waals surface area contributed by atoms with Crippen LogP contribution in [0.15, 0.2) is 0 Å². The summed E-state index contributed by atoms with van der Waals surface area (Å²) in [6.45, 7) is 1.53. The van der Waals surface area contributed by atoms with Gasteiger partial charge >= 0.3 is 12.0 Å². The molecule has 1 unspecified atom stereocenters. The van der Waals surface area contributed by atoms with E-state index in [1.165, 1.54) is 4.90 Å². The van der Waals surface area contributed by atoms with E-state index in [2.05, 4.69) is 5.32 Å². The third-order valence-corrected chi connectivity index (χ3v) is 2.37. The highest BCUT2D eigenvalue weighted by Crippen LogP contribution is 2.08. The van der Waals surface area contributed by atoms with Crippen LogP contribution < -0.4 is 5.32 Å². The van der Waals surface area contributed by atoms with E-state index >= 15 is 0 Å². The zero-order valence-electron chi connectivity index (χ0n) is 9.06. The molecule has 1 rings (SSSR count). The lowest BCUT2D eigenvalue weighted by molar-refractivity contribution is -0.141. The number of nitrogens with zero attached hydrogens (tertiary/aromatic N) is 2. The summed E-state index contributed by atoms with van der Waals surface area (Å²) in [5, 5.41) is 11.4. The minimum Gasteiger partial charge on any atom is -0.480 e. The standard InChI is InChI=1S/C9H17N3O3/c1-11(2)4-3-5-12-7(8(13)14)6-10-9(12)15/h7H,3-6H2,1-2H3,(H,10,15)(H,13,14). The van der Waals surface area contributed by atoms with Gasteiger partial charge in [0, 0.05) is 6.54 Å². The van der Waals surface area contributed by atoms with E-state index in [1.807, 2.05) is 19.0 Å². The number of carboxylic acids is 1. The molecule has 0 aromatic rings. The zero-order chi connectivity index (χ0) is 11.4. The molecule has 1 fully saturated rings. The van der Waals surface area contributed by atoms with Gasteiger partial charge in [0.1, 0.15) is 6.04 Å². The number of carbonyl (C=O) groups excluding carboxylic acids is 1. The normalized spacial score (nSPS) is 20.9. The number of aliphatic carboxylic acids is 1. The Morgan fingerprint density at radius 3 is 2.87 bits per heavy atom. The van der Waals surface area contributed by atoms with Crippen molar-refractivity contribution in [2.75, 3.05) is 33.7 Å². The largest absolute Gasteiger partial charge is 0.480 e. The summed E-state index contributed by atoms with van der Waals surface area (Å²) in [5.74, 6) is -0.946. The van der Waals surface area contributed by atoms with Gasteiger partial charge in [-0.15, -0.1) is 0 Å². The van der Waals surface area contributed by atoms with Crippen LogP contribution in [0.25, 0.3) is 0 Å². The van der Waals surface area contributed by atoms with Crippen LogP contribution in [0.5, 0.6) is 0 Å². The topological polar surface area (TPSA) is 72.9 Å². The van der Waals surface area contributed by atoms with E-state index in [0.29, 0.717) is 6.54 Å². The fraction of sp³-hybridized carbons (Fsp3) is 0.778. The Hall–Kier alpha value is -1.30. The summed E-state index contributed by atoms with van der Waals surface area (Å²) in [6, 6.07) is -0.985. The first-order valence-electron chi connectivity index (χ1n) is 4.94. The average Bonchev–Trinajstić information content (AvgIpc) is 2.47. The van der Waals surface area contributed by atoms with Crippen molar-refractivity contribution < 1.29 is 14.7 Å². The minimum atomic E-state index is -0.946. The second-order valence-electron chi connectivity index (χ2n) is 3.89. The van der Waals surface area contributed by atoms with Crippen molar-refractivity contribution in [3.05, 3.63) is 0 Å². The van der Waals surface area contributed by atoms with Crippen molar-refractivity contribution in [3.8, 4) is 0 Å². The average molecular weight is 215 g/mol. The van der Waals surface area contributed by atoms with Crippen molar-refractivity contribution >= 4 is 12.0 Å². The van der Waals surface area contributed by atoms with Crippen LogP contribution in [0, 0.1) is 0 Å². The van der Waals surface area contributed by atoms with Gasteiger partial charge in [0.05, 0.1) is 6.54 Å². The van der Waals surface area contributed by atoms with E-state index in [1.54, 1.807) is 0 Å². The Kier molecular flexibility index (Phi) is 3.90. The van der Waals surface area contributed by atoms with Gasteiger partial charge in [0.2, 0.25) is 0 Å². The van der Waals surface area contributed by atoms with Crippen LogP contribution in [0.2, 0.25) is 0 Å². The van der Waals surface area contributed by atoms with Gasteiger partial charge < -0.3 is 20.2 Å². The SMILES string of the molecule is CN(C)CCCN1C(=O)NCC1C(=O)O. The first-order chi connectivity index (χ1) is 7.02. The second kappa shape index (κ2) is 4.97. The fourth-order valence-corrected chi connectivity index (χ4v) is 1.57. The van der Waals surface area contributed by atoms with Crippen LogP contribution in [0.3, 0.4) is 0 Å². The first-order valence-corrected chi connectivity index (χ1v) is 4.94. The molecule has 2 N–H and O–H groups in total. The van der Waals surface area contributed by atoms with Crippen LogP contribution in [0.1, 0.15) is 6.42 Å². The van der Waals surface area contributed by atoms with Crippen LogP contribution >= 0.6 is 0 Å². The van der Waals surface area contributed by atoms with Crippen molar-refractivity contribution in [3.63, 3.8) is 0 Å². The summed E-state index contributed by atoms with van der Waals surface area (Å²) in [6.07, 6.45) is 0.782. The minimum absolute atomic E-state index is 0.204. The highest BCUT2D eigenvalue weighted by molar-refractivity contribution is 5.86. The third-order valence-electron chi connectivity index (χ3n) is 2.37. The van der Waals surface area contributed by atoms with Gasteiger partial charge in [-0.05, 0) is 27.1 Å². The molecule has 0 saturated carbocycles. The number of urea groups is 1. The predicted octanol–water partition coefficient (Wildman–Crippen LogP) is -0.583. The highest BCUT2D eigenvalue weighted by atomic mass is 16.4. The molecular weight excluding hydrogens is 198 g/mol. The number of rotatable bonds is 5. The molecule has 1 aliphatic rings. The predicted molar refractivity (Wildman–Crippen MR) is 54.7 cm³/mol. The van der Waals surface area contributed by atoms with Gasteiger partial charge in [-0.3, -0.25) is 0 Å². The third kappa shape index (κ3) is 3.09. The van der Waals surface area contributed by atoms with E-state index in [0.717, 1.165) is 13.0 Å². The van der Waals surface area contributed by atoms with Crippen molar-refractivity contribution in [1.82, 2.24) is 15.1 Å². The second-order valence-corrected chi connectivity index (χ2v) is 3.89. The maximum atomic E-state index is 11.3. The maximum absolute atomic E-state index is 11.3. The van der Waals surface area contributed by atoms with Gasteiger partial charge in [0.15, 0.2) is 0 Å². The molecular formula is C9H17N3O3. The molecule has 0 aliphatic carbocycles. The molecule has 1 atom stereocenters. The monoisotopic (exact) mass is 215 g/mol. The molecule has 15 heavy (non-hydrogen) atoms. The molecule has 0 aromatic carbocycles. The molecule has 1 saturated heterocycles. The molecule has 1 heterocycles. The molecule has 0 radical (unpaired) electrons.